The van der Waals surface area contributed by atoms with Gasteiger partial charge < -0.3 is 0 Å². The van der Waals surface area contributed by atoms with Crippen LogP contribution in [0.5, 0.6) is 0 Å². The van der Waals surface area contributed by atoms with Gasteiger partial charge in [-0.3, -0.25) is 0 Å². The van der Waals surface area contributed by atoms with Crippen LogP contribution in [-0.4, -0.2) is 46.6 Å². The normalized spacial score (nSPS) is 42.2. The Morgan fingerprint density at radius 3 is 2.83 bits per heavy atom. The molecule has 1 N–H and O–H groups in total. The van der Waals surface area contributed by atoms with Crippen molar-refractivity contribution in [1.82, 2.24) is 0 Å². The van der Waals surface area contributed by atoms with Gasteiger partial charge in [0.1, 0.15) is 0 Å². The van der Waals surface area contributed by atoms with E-state index >= 15 is 0 Å². The summed E-state index contributed by atoms with van der Waals surface area (Å²) in [6, 6.07) is -0.546. The van der Waals surface area contributed by atoms with E-state index in [4.69, 9.17) is 15.6 Å². The summed E-state index contributed by atoms with van der Waals surface area (Å²) in [7, 11) is 5.51. The van der Waals surface area contributed by atoms with Gasteiger partial charge in [0.05, 0.1) is 0 Å². The van der Waals surface area contributed by atoms with Crippen molar-refractivity contribution in [3.8, 4) is 0 Å². The molecule has 2 unspecified atom stereocenters. The van der Waals surface area contributed by atoms with E-state index in [1.807, 2.05) is 4.93 Å². The van der Waals surface area contributed by atoms with E-state index < -0.39 is 12.1 Å². The number of alkyl halides is 2. The second-order valence-corrected chi connectivity index (χ2v) is 5.45. The summed E-state index contributed by atoms with van der Waals surface area (Å²) in [5.74, 6) is 0. The molecule has 0 amide bonds. The second kappa shape index (κ2) is 5.33. The van der Waals surface area contributed by atoms with Crippen LogP contribution in [0.15, 0.2) is 0 Å². The minimum atomic E-state index is -0.561. The molecule has 1 saturated heterocycles. The van der Waals surface area contributed by atoms with Gasteiger partial charge >= 0.3 is 98.6 Å². The second-order valence-electron chi connectivity index (χ2n) is 2.50. The molecule has 0 aromatic carbocycles. The Kier molecular flexibility index (Phi) is 5.10. The van der Waals surface area contributed by atoms with Crippen LogP contribution in [0.1, 0.15) is 0 Å². The van der Waals surface area contributed by atoms with Gasteiger partial charge in [0, 0.05) is 0 Å². The van der Waals surface area contributed by atoms with Crippen LogP contribution in [-0.2, 0) is 7.80 Å². The minimum absolute atomic E-state index is 0.0461. The molecule has 2 radical (unpaired) electrons. The topological polar surface area (TPSA) is 38.7 Å². The van der Waals surface area contributed by atoms with Crippen molar-refractivity contribution in [2.45, 2.75) is 22.1 Å². The van der Waals surface area contributed by atoms with Gasteiger partial charge in [0.25, 0.3) is 0 Å². The third-order valence-electron chi connectivity index (χ3n) is 1.69. The molecule has 0 spiro atoms. The number of halogens is 2. The summed E-state index contributed by atoms with van der Waals surface area (Å²) in [6.07, 6.45) is -0.607. The summed E-state index contributed by atoms with van der Waals surface area (Å²) in [5.41, 5.74) is 0. The number of hydrogen-bond donors (Lipinski definition) is 1. The molecule has 1 heterocycles. The molecule has 70 valence electrons. The van der Waals surface area contributed by atoms with Gasteiger partial charge in [0.2, 0.25) is 0 Å². The Bertz CT molecular complexity index is 149. The quantitative estimate of drug-likeness (QED) is 0.310. The van der Waals surface area contributed by atoms with E-state index in [2.05, 4.69) is 22.6 Å². The standard InChI is InChI=1S/C6H10BI2O3/c1-9-11-2-3-4(8)5(10)6(7)12-3/h3-6,10H,2H2,1H3/q-1/t3-,4?,5?,6-/m1/s1. The van der Waals surface area contributed by atoms with Gasteiger partial charge in [0.15, 0.2) is 0 Å². The fourth-order valence-electron chi connectivity index (χ4n) is 1.01. The first-order chi connectivity index (χ1) is 5.66. The Balaban J connectivity index is 2.36. The number of hydrogen-bond acceptors (Lipinski definition) is 3. The fourth-order valence-corrected chi connectivity index (χ4v) is 2.52. The van der Waals surface area contributed by atoms with Crippen molar-refractivity contribution >= 4 is 30.4 Å². The summed E-state index contributed by atoms with van der Waals surface area (Å²) in [4.78, 5) is 2.03. The predicted octanol–water partition coefficient (Wildman–Crippen LogP) is -3.31. The van der Waals surface area contributed by atoms with E-state index in [1.165, 1.54) is 0 Å². The Hall–Kier alpha value is 1.40. The molecule has 1 aliphatic rings. The molecular weight excluding hydrogens is 385 g/mol. The van der Waals surface area contributed by atoms with Gasteiger partial charge in [-0.25, -0.2) is 0 Å². The molecule has 0 saturated carbocycles. The van der Waals surface area contributed by atoms with Crippen LogP contribution < -0.4 is 21.6 Å². The molecule has 12 heavy (non-hydrogen) atoms. The molecule has 3 nitrogen and oxygen atoms in total. The molecule has 0 aromatic heterocycles. The molecule has 6 heteroatoms. The molecule has 4 atom stereocenters. The zero-order valence-electron chi connectivity index (χ0n) is 6.61. The predicted molar refractivity (Wildman–Crippen MR) is 50.1 cm³/mol. The monoisotopic (exact) mass is 395 g/mol. The van der Waals surface area contributed by atoms with E-state index in [-0.39, 0.29) is 31.6 Å². The van der Waals surface area contributed by atoms with Crippen molar-refractivity contribution in [3.05, 3.63) is 0 Å². The number of aliphatic hydroxyl groups excluding tert-OH is 1. The van der Waals surface area contributed by atoms with Crippen molar-refractivity contribution in [3.63, 3.8) is 0 Å². The maximum atomic E-state index is 9.43. The van der Waals surface area contributed by atoms with Crippen molar-refractivity contribution < 1.29 is 34.5 Å². The first kappa shape index (κ1) is 11.5. The van der Waals surface area contributed by atoms with Crippen LogP contribution in [0.25, 0.3) is 0 Å². The average Bonchev–Trinajstić information content (AvgIpc) is 2.30. The average molecular weight is 395 g/mol. The third-order valence-corrected chi connectivity index (χ3v) is 4.21. The molecule has 0 aliphatic carbocycles. The number of rotatable bonds is 3. The summed E-state index contributed by atoms with van der Waals surface area (Å²) in [6.45, 7) is 0.558. The molecule has 1 fully saturated rings. The van der Waals surface area contributed by atoms with Crippen LogP contribution in [0.3, 0.4) is 0 Å². The SMILES string of the molecule is [B][C@@H]1O[C@H](CO[I-]C)C(I)C1O. The van der Waals surface area contributed by atoms with Crippen LogP contribution in [0.4, 0.5) is 0 Å². The van der Waals surface area contributed by atoms with E-state index in [0.29, 0.717) is 6.61 Å². The fraction of sp³-hybridized carbons (Fsp3) is 1.00. The Morgan fingerprint density at radius 2 is 2.42 bits per heavy atom. The summed E-state index contributed by atoms with van der Waals surface area (Å²) >= 11 is 1.99. The number of aliphatic hydroxyl groups is 1. The third kappa shape index (κ3) is 2.69. The summed E-state index contributed by atoms with van der Waals surface area (Å²) < 4.78 is 10.6. The Labute approximate surface area is 97.9 Å². The Morgan fingerprint density at radius 1 is 1.75 bits per heavy atom. The van der Waals surface area contributed by atoms with Crippen molar-refractivity contribution in [2.24, 2.45) is 0 Å². The first-order valence-corrected chi connectivity index (χ1v) is 7.79. The molecular formula is C6H10BI2O3-. The van der Waals surface area contributed by atoms with Gasteiger partial charge in [-0.05, 0) is 0 Å². The van der Waals surface area contributed by atoms with Crippen molar-refractivity contribution in [1.29, 1.82) is 0 Å². The molecule has 0 aromatic rings. The molecule has 1 aliphatic heterocycles. The summed E-state index contributed by atoms with van der Waals surface area (Å²) in [5, 5.41) is 9.43. The van der Waals surface area contributed by atoms with Crippen molar-refractivity contribution in [2.75, 3.05) is 11.5 Å². The van der Waals surface area contributed by atoms with E-state index in [0.717, 1.165) is 0 Å². The molecule has 1 rings (SSSR count). The van der Waals surface area contributed by atoms with Gasteiger partial charge in [-0.15, -0.1) is 0 Å². The van der Waals surface area contributed by atoms with Crippen LogP contribution >= 0.6 is 22.6 Å². The maximum absolute atomic E-state index is 9.43. The first-order valence-electron chi connectivity index (χ1n) is 3.51. The van der Waals surface area contributed by atoms with Crippen LogP contribution in [0, 0.1) is 0 Å². The van der Waals surface area contributed by atoms with Gasteiger partial charge in [-0.1, -0.05) is 0 Å². The van der Waals surface area contributed by atoms with E-state index in [9.17, 15) is 5.11 Å². The number of ether oxygens (including phenoxy) is 1. The zero-order chi connectivity index (χ0) is 9.14. The van der Waals surface area contributed by atoms with Crippen LogP contribution in [0.2, 0.25) is 0 Å². The molecule has 0 bridgehead atoms. The zero-order valence-corrected chi connectivity index (χ0v) is 10.9. The van der Waals surface area contributed by atoms with Gasteiger partial charge in [-0.2, -0.15) is 0 Å². The van der Waals surface area contributed by atoms with E-state index in [1.54, 1.807) is 0 Å².